The van der Waals surface area contributed by atoms with E-state index in [0.717, 1.165) is 15.0 Å². The summed E-state index contributed by atoms with van der Waals surface area (Å²) >= 11 is 10.6. The fraction of sp³-hybridized carbons (Fsp3) is 0. The van der Waals surface area contributed by atoms with E-state index in [9.17, 15) is 10.1 Å². The summed E-state index contributed by atoms with van der Waals surface area (Å²) < 4.78 is 0.865. The van der Waals surface area contributed by atoms with E-state index >= 15 is 0 Å². The van der Waals surface area contributed by atoms with E-state index < -0.39 is 4.92 Å². The zero-order valence-corrected chi connectivity index (χ0v) is 14.0. The van der Waals surface area contributed by atoms with E-state index in [0.29, 0.717) is 11.3 Å². The van der Waals surface area contributed by atoms with Crippen molar-refractivity contribution in [3.8, 4) is 21.8 Å². The zero-order valence-electron chi connectivity index (χ0n) is 10.9. The summed E-state index contributed by atoms with van der Waals surface area (Å²) in [5.74, 6) is 0. The molecule has 3 rings (SSSR count). The van der Waals surface area contributed by atoms with Gasteiger partial charge in [0.2, 0.25) is 0 Å². The lowest BCUT2D eigenvalue weighted by atomic mass is 10.1. The van der Waals surface area contributed by atoms with Gasteiger partial charge in [0, 0.05) is 39.4 Å². The first-order valence-corrected chi connectivity index (χ1v) is 8.10. The highest BCUT2D eigenvalue weighted by molar-refractivity contribution is 9.10. The smallest absolute Gasteiger partial charge is 0.263 e. The minimum Gasteiger partial charge on any atom is -0.263 e. The van der Waals surface area contributed by atoms with Gasteiger partial charge in [-0.25, -0.2) is 4.98 Å². The number of hydrogen-bond acceptors (Lipinski definition) is 5. The van der Waals surface area contributed by atoms with Gasteiger partial charge in [0.1, 0.15) is 10.0 Å². The van der Waals surface area contributed by atoms with Gasteiger partial charge in [0.05, 0.1) is 10.6 Å². The van der Waals surface area contributed by atoms with E-state index in [1.165, 1.54) is 23.5 Å². The number of nitro benzene ring substituents is 1. The van der Waals surface area contributed by atoms with Gasteiger partial charge in [-0.15, -0.1) is 11.3 Å². The van der Waals surface area contributed by atoms with Gasteiger partial charge in [-0.2, -0.15) is 0 Å². The van der Waals surface area contributed by atoms with Crippen molar-refractivity contribution in [3.05, 3.63) is 61.6 Å². The topological polar surface area (TPSA) is 68.9 Å². The fourth-order valence-corrected chi connectivity index (χ4v) is 3.24. The van der Waals surface area contributed by atoms with E-state index in [-0.39, 0.29) is 10.7 Å². The number of halogens is 2. The monoisotopic (exact) mass is 395 g/mol. The molecule has 0 aliphatic rings. The minimum absolute atomic E-state index is 0.111. The number of nitrogens with zero attached hydrogens (tertiary/aromatic N) is 3. The number of benzene rings is 1. The fourth-order valence-electron chi connectivity index (χ4n) is 1.88. The Morgan fingerprint density at radius 1 is 1.23 bits per heavy atom. The van der Waals surface area contributed by atoms with Crippen molar-refractivity contribution in [1.29, 1.82) is 0 Å². The molecule has 110 valence electrons. The summed E-state index contributed by atoms with van der Waals surface area (Å²) in [4.78, 5) is 19.1. The maximum Gasteiger partial charge on any atom is 0.288 e. The Bertz CT molecular complexity index is 869. The predicted molar refractivity (Wildman–Crippen MR) is 90.1 cm³/mol. The van der Waals surface area contributed by atoms with Crippen LogP contribution in [0, 0.1) is 10.1 Å². The molecule has 0 unspecified atom stereocenters. The highest BCUT2D eigenvalue weighted by Gasteiger charge is 2.15. The molecule has 0 atom stereocenters. The summed E-state index contributed by atoms with van der Waals surface area (Å²) in [5.41, 5.74) is 2.08. The van der Waals surface area contributed by atoms with Crippen molar-refractivity contribution in [1.82, 2.24) is 9.97 Å². The van der Waals surface area contributed by atoms with Gasteiger partial charge in [-0.1, -0.05) is 17.7 Å². The summed E-state index contributed by atoms with van der Waals surface area (Å²) in [6.07, 6.45) is 3.41. The molecule has 0 spiro atoms. The maximum absolute atomic E-state index is 11.0. The zero-order chi connectivity index (χ0) is 15.7. The summed E-state index contributed by atoms with van der Waals surface area (Å²) in [7, 11) is 0. The minimum atomic E-state index is -0.503. The van der Waals surface area contributed by atoms with Gasteiger partial charge in [0.15, 0.2) is 0 Å². The number of hydrogen-bond donors (Lipinski definition) is 0. The number of thiazole rings is 1. The van der Waals surface area contributed by atoms with Crippen LogP contribution in [-0.4, -0.2) is 14.9 Å². The molecule has 0 N–H and O–H groups in total. The van der Waals surface area contributed by atoms with Crippen molar-refractivity contribution in [2.75, 3.05) is 0 Å². The Hall–Kier alpha value is -1.83. The normalized spacial score (nSPS) is 10.6. The third-order valence-electron chi connectivity index (χ3n) is 2.89. The summed E-state index contributed by atoms with van der Waals surface area (Å²) in [6, 6.07) is 6.57. The Labute approximate surface area is 142 Å². The van der Waals surface area contributed by atoms with Crippen LogP contribution in [0.1, 0.15) is 0 Å². The second-order valence-electron chi connectivity index (χ2n) is 4.35. The van der Waals surface area contributed by atoms with Crippen LogP contribution in [0.15, 0.2) is 46.5 Å². The molecule has 0 aliphatic heterocycles. The molecule has 8 heteroatoms. The lowest BCUT2D eigenvalue weighted by Gasteiger charge is -1.99. The molecule has 1 aromatic carbocycles. The molecule has 0 aliphatic carbocycles. The first kappa shape index (κ1) is 15.1. The second-order valence-corrected chi connectivity index (χ2v) is 6.53. The van der Waals surface area contributed by atoms with E-state index in [4.69, 9.17) is 11.6 Å². The van der Waals surface area contributed by atoms with Crippen LogP contribution in [0.5, 0.6) is 0 Å². The first-order chi connectivity index (χ1) is 10.5. The Morgan fingerprint density at radius 3 is 2.77 bits per heavy atom. The van der Waals surface area contributed by atoms with Crippen LogP contribution in [0.2, 0.25) is 5.02 Å². The molecule has 0 fully saturated rings. The van der Waals surface area contributed by atoms with Crippen molar-refractivity contribution in [2.24, 2.45) is 0 Å². The largest absolute Gasteiger partial charge is 0.288 e. The van der Waals surface area contributed by atoms with Gasteiger partial charge in [-0.3, -0.25) is 15.1 Å². The molecule has 0 bridgehead atoms. The molecule has 2 aromatic heterocycles. The molecule has 0 saturated carbocycles. The third kappa shape index (κ3) is 3.01. The van der Waals surface area contributed by atoms with Crippen LogP contribution in [0.3, 0.4) is 0 Å². The van der Waals surface area contributed by atoms with Crippen LogP contribution in [0.4, 0.5) is 5.69 Å². The highest BCUT2D eigenvalue weighted by Crippen LogP contribution is 2.33. The molecule has 0 radical (unpaired) electrons. The first-order valence-electron chi connectivity index (χ1n) is 6.05. The second kappa shape index (κ2) is 6.12. The van der Waals surface area contributed by atoms with E-state index in [1.807, 2.05) is 11.4 Å². The molecule has 0 amide bonds. The Balaban J connectivity index is 2.01. The quantitative estimate of drug-likeness (QED) is 0.451. The van der Waals surface area contributed by atoms with Crippen LogP contribution in [-0.2, 0) is 0 Å². The average Bonchev–Trinajstić information content (AvgIpc) is 2.97. The predicted octanol–water partition coefficient (Wildman–Crippen LogP) is 5.20. The van der Waals surface area contributed by atoms with Gasteiger partial charge < -0.3 is 0 Å². The van der Waals surface area contributed by atoms with Crippen LogP contribution >= 0.6 is 38.9 Å². The molecular formula is C14H7BrClN3O2S. The Morgan fingerprint density at radius 2 is 2.05 bits per heavy atom. The molecule has 0 saturated heterocycles. The van der Waals surface area contributed by atoms with Gasteiger partial charge >= 0.3 is 0 Å². The van der Waals surface area contributed by atoms with Crippen molar-refractivity contribution >= 4 is 44.6 Å². The lowest BCUT2D eigenvalue weighted by molar-refractivity contribution is -0.384. The molecule has 22 heavy (non-hydrogen) atoms. The molecular weight excluding hydrogens is 390 g/mol. The lowest BCUT2D eigenvalue weighted by Crippen LogP contribution is -1.90. The van der Waals surface area contributed by atoms with Crippen LogP contribution in [0.25, 0.3) is 21.8 Å². The van der Waals surface area contributed by atoms with E-state index in [2.05, 4.69) is 25.9 Å². The highest BCUT2D eigenvalue weighted by atomic mass is 79.9. The summed E-state index contributed by atoms with van der Waals surface area (Å²) in [5, 5.41) is 13.7. The average molecular weight is 397 g/mol. The van der Waals surface area contributed by atoms with Gasteiger partial charge in [0.25, 0.3) is 5.69 Å². The maximum atomic E-state index is 11.0. The van der Waals surface area contributed by atoms with E-state index in [1.54, 1.807) is 18.5 Å². The molecule has 5 nitrogen and oxygen atoms in total. The number of aromatic nitrogens is 2. The number of nitro groups is 1. The molecule has 3 aromatic rings. The molecule has 2 heterocycles. The van der Waals surface area contributed by atoms with Crippen molar-refractivity contribution in [3.63, 3.8) is 0 Å². The Kier molecular flexibility index (Phi) is 4.19. The number of pyridine rings is 1. The van der Waals surface area contributed by atoms with Gasteiger partial charge in [-0.05, 0) is 28.1 Å². The summed E-state index contributed by atoms with van der Waals surface area (Å²) in [6.45, 7) is 0. The third-order valence-corrected chi connectivity index (χ3v) is 4.54. The standard InChI is InChI=1S/C14H7BrClN3O2S/c15-10-3-9(5-17-6-10)14-18-12(7-22-14)8-1-2-11(16)13(4-8)19(20)21/h1-7H. The SMILES string of the molecule is O=[N+]([O-])c1cc(-c2csc(-c3cncc(Br)c3)n2)ccc1Cl. The van der Waals surface area contributed by atoms with Crippen molar-refractivity contribution < 1.29 is 4.92 Å². The van der Waals surface area contributed by atoms with Crippen LogP contribution < -0.4 is 0 Å². The van der Waals surface area contributed by atoms with Crippen molar-refractivity contribution in [2.45, 2.75) is 0 Å². The number of rotatable bonds is 3.